The Bertz CT molecular complexity index is 1320. The van der Waals surface area contributed by atoms with Gasteiger partial charge in [0, 0.05) is 32.9 Å². The van der Waals surface area contributed by atoms with Gasteiger partial charge in [-0.25, -0.2) is 9.37 Å². The van der Waals surface area contributed by atoms with E-state index in [0.717, 1.165) is 15.3 Å². The molecule has 7 N–H and O–H groups in total. The zero-order chi connectivity index (χ0) is 23.4. The Balaban J connectivity index is 1.47. The summed E-state index contributed by atoms with van der Waals surface area (Å²) in [7, 11) is 0. The van der Waals surface area contributed by atoms with Crippen LogP contribution in [0.25, 0.3) is 10.4 Å². The predicted octanol–water partition coefficient (Wildman–Crippen LogP) is 4.68. The molecule has 9 heteroatoms. The number of carbonyl (C=O) groups is 1. The van der Waals surface area contributed by atoms with Gasteiger partial charge in [0.25, 0.3) is 5.91 Å². The van der Waals surface area contributed by atoms with E-state index in [1.54, 1.807) is 41.8 Å². The van der Waals surface area contributed by atoms with Crippen LogP contribution in [0.15, 0.2) is 72.9 Å². The number of nitrogens with one attached hydrogen (secondary N) is 3. The lowest BCUT2D eigenvalue weighted by atomic mass is 10.1. The van der Waals surface area contributed by atoms with Crippen molar-refractivity contribution in [2.24, 2.45) is 5.73 Å². The highest BCUT2D eigenvalue weighted by Crippen LogP contribution is 2.31. The van der Waals surface area contributed by atoms with E-state index in [0.29, 0.717) is 34.9 Å². The molecule has 0 aliphatic heterocycles. The molecule has 33 heavy (non-hydrogen) atoms. The van der Waals surface area contributed by atoms with E-state index < -0.39 is 0 Å². The molecular weight excluding hydrogens is 439 g/mol. The Labute approximate surface area is 193 Å². The van der Waals surface area contributed by atoms with Crippen molar-refractivity contribution in [3.63, 3.8) is 0 Å². The van der Waals surface area contributed by atoms with Crippen molar-refractivity contribution in [1.29, 1.82) is 5.41 Å². The first-order valence-electron chi connectivity index (χ1n) is 9.99. The molecule has 4 aromatic rings. The van der Waals surface area contributed by atoms with E-state index in [4.69, 9.17) is 16.9 Å². The second-order valence-electron chi connectivity index (χ2n) is 7.20. The molecule has 2 aromatic carbocycles. The first kappa shape index (κ1) is 22.0. The minimum atomic E-state index is -0.372. The van der Waals surface area contributed by atoms with E-state index in [1.807, 2.05) is 18.2 Å². The number of amides is 1. The zero-order valence-electron chi connectivity index (χ0n) is 17.4. The Kier molecular flexibility index (Phi) is 6.32. The quantitative estimate of drug-likeness (QED) is 0.155. The summed E-state index contributed by atoms with van der Waals surface area (Å²) in [5.74, 6) is -0.348. The maximum atomic E-state index is 13.1. The summed E-state index contributed by atoms with van der Waals surface area (Å²) in [5, 5.41) is 13.6. The number of aromatic nitrogens is 1. The number of nitrogen functional groups attached to an aromatic ring is 2. The average Bonchev–Trinajstić information content (AvgIpc) is 3.28. The van der Waals surface area contributed by atoms with Gasteiger partial charge in [-0.05, 0) is 66.2 Å². The maximum absolute atomic E-state index is 13.1. The van der Waals surface area contributed by atoms with Gasteiger partial charge in [0.1, 0.15) is 17.5 Å². The number of hydrogen-bond donors (Lipinski definition) is 5. The van der Waals surface area contributed by atoms with Gasteiger partial charge in [0.05, 0.1) is 12.1 Å². The fraction of sp³-hybridized carbons (Fsp3) is 0.0417. The first-order chi connectivity index (χ1) is 15.9. The molecule has 166 valence electrons. The number of nitrogens with two attached hydrogens (primary N) is 2. The van der Waals surface area contributed by atoms with Crippen molar-refractivity contribution >= 4 is 40.3 Å². The maximum Gasteiger partial charge on any atom is 0.259 e. The van der Waals surface area contributed by atoms with E-state index >= 15 is 0 Å². The van der Waals surface area contributed by atoms with Gasteiger partial charge in [-0.1, -0.05) is 6.07 Å². The molecule has 0 spiro atoms. The predicted molar refractivity (Wildman–Crippen MR) is 131 cm³/mol. The third kappa shape index (κ3) is 5.16. The molecule has 0 aliphatic rings. The third-order valence-electron chi connectivity index (χ3n) is 4.87. The molecule has 0 bridgehead atoms. The van der Waals surface area contributed by atoms with Crippen molar-refractivity contribution in [1.82, 2.24) is 4.98 Å². The molecule has 7 nitrogen and oxygen atoms in total. The standard InChI is InChI=1S/C24H21FN6OS/c25-15-4-6-16(7-5-15)31-24(32)18-2-1-11-29-23(18)30-13-17-8-10-21(33-17)14-3-9-20(26)19(12-14)22(27)28/h1-12H,13,26H2,(H3,27,28)(H,29,30)(H,31,32). The lowest BCUT2D eigenvalue weighted by Crippen LogP contribution is -2.15. The molecule has 0 unspecified atom stereocenters. The second-order valence-corrected chi connectivity index (χ2v) is 8.36. The van der Waals surface area contributed by atoms with Crippen LogP contribution in [0.1, 0.15) is 20.8 Å². The highest BCUT2D eigenvalue weighted by molar-refractivity contribution is 7.15. The molecule has 0 fully saturated rings. The van der Waals surface area contributed by atoms with Gasteiger partial charge in [-0.2, -0.15) is 0 Å². The van der Waals surface area contributed by atoms with Crippen LogP contribution in [-0.4, -0.2) is 16.7 Å². The molecule has 0 saturated heterocycles. The minimum absolute atomic E-state index is 0.0746. The third-order valence-corrected chi connectivity index (χ3v) is 6.01. The minimum Gasteiger partial charge on any atom is -0.398 e. The molecule has 2 heterocycles. The summed E-state index contributed by atoms with van der Waals surface area (Å²) in [5.41, 5.74) is 14.3. The fourth-order valence-electron chi connectivity index (χ4n) is 3.20. The van der Waals surface area contributed by atoms with Crippen LogP contribution in [0.5, 0.6) is 0 Å². The fourth-order valence-corrected chi connectivity index (χ4v) is 4.15. The summed E-state index contributed by atoms with van der Waals surface area (Å²) in [6.07, 6.45) is 1.61. The van der Waals surface area contributed by atoms with Crippen LogP contribution in [0.4, 0.5) is 21.6 Å². The monoisotopic (exact) mass is 460 g/mol. The van der Waals surface area contributed by atoms with Gasteiger partial charge in [-0.3, -0.25) is 10.2 Å². The Morgan fingerprint density at radius 2 is 1.85 bits per heavy atom. The zero-order valence-corrected chi connectivity index (χ0v) is 18.2. The van der Waals surface area contributed by atoms with Crippen molar-refractivity contribution in [3.05, 3.63) is 94.7 Å². The van der Waals surface area contributed by atoms with Crippen LogP contribution in [0.2, 0.25) is 0 Å². The Morgan fingerprint density at radius 1 is 1.06 bits per heavy atom. The molecule has 4 rings (SSSR count). The smallest absolute Gasteiger partial charge is 0.259 e. The number of amidine groups is 1. The lowest BCUT2D eigenvalue weighted by molar-refractivity contribution is 0.102. The molecule has 1 amide bonds. The van der Waals surface area contributed by atoms with Gasteiger partial charge < -0.3 is 22.1 Å². The number of nitrogens with zero attached hydrogens (tertiary/aromatic N) is 1. The normalized spacial score (nSPS) is 10.6. The van der Waals surface area contributed by atoms with E-state index in [2.05, 4.69) is 15.6 Å². The Hall–Kier alpha value is -4.24. The number of hydrogen-bond acceptors (Lipinski definition) is 6. The number of anilines is 3. The molecule has 0 saturated carbocycles. The summed E-state index contributed by atoms with van der Waals surface area (Å²) in [6.45, 7) is 0.465. The van der Waals surface area contributed by atoms with E-state index in [-0.39, 0.29) is 17.6 Å². The highest BCUT2D eigenvalue weighted by atomic mass is 32.1. The second kappa shape index (κ2) is 9.49. The molecule has 0 radical (unpaired) electrons. The topological polar surface area (TPSA) is 130 Å². The number of carbonyl (C=O) groups excluding carboxylic acids is 1. The van der Waals surface area contributed by atoms with Gasteiger partial charge >= 0.3 is 0 Å². The van der Waals surface area contributed by atoms with Crippen molar-refractivity contribution in [3.8, 4) is 10.4 Å². The summed E-state index contributed by atoms with van der Waals surface area (Å²) in [6, 6.07) is 18.3. The summed E-state index contributed by atoms with van der Waals surface area (Å²) in [4.78, 5) is 19.0. The van der Waals surface area contributed by atoms with E-state index in [1.165, 1.54) is 24.3 Å². The average molecular weight is 461 g/mol. The highest BCUT2D eigenvalue weighted by Gasteiger charge is 2.13. The number of rotatable bonds is 7. The number of pyridine rings is 1. The van der Waals surface area contributed by atoms with Gasteiger partial charge in [0.15, 0.2) is 0 Å². The van der Waals surface area contributed by atoms with Crippen LogP contribution < -0.4 is 22.1 Å². The lowest BCUT2D eigenvalue weighted by Gasteiger charge is -2.11. The summed E-state index contributed by atoms with van der Waals surface area (Å²) < 4.78 is 13.1. The molecular formula is C24H21FN6OS. The molecule has 0 aliphatic carbocycles. The van der Waals surface area contributed by atoms with Crippen LogP contribution >= 0.6 is 11.3 Å². The molecule has 0 atom stereocenters. The SMILES string of the molecule is N=C(N)c1cc(-c2ccc(CNc3ncccc3C(=O)Nc3ccc(F)cc3)s2)ccc1N. The van der Waals surface area contributed by atoms with Crippen LogP contribution in [0, 0.1) is 11.2 Å². The van der Waals surface area contributed by atoms with E-state index in [9.17, 15) is 9.18 Å². The van der Waals surface area contributed by atoms with Crippen molar-refractivity contribution in [2.75, 3.05) is 16.4 Å². The summed E-state index contributed by atoms with van der Waals surface area (Å²) >= 11 is 1.57. The number of benzene rings is 2. The van der Waals surface area contributed by atoms with Crippen molar-refractivity contribution < 1.29 is 9.18 Å². The number of halogens is 1. The first-order valence-corrected chi connectivity index (χ1v) is 10.8. The largest absolute Gasteiger partial charge is 0.398 e. The van der Waals surface area contributed by atoms with Crippen LogP contribution in [0.3, 0.4) is 0 Å². The van der Waals surface area contributed by atoms with Gasteiger partial charge in [-0.15, -0.1) is 11.3 Å². The van der Waals surface area contributed by atoms with Crippen LogP contribution in [-0.2, 0) is 6.54 Å². The molecule has 2 aromatic heterocycles. The number of thiophene rings is 1. The van der Waals surface area contributed by atoms with Crippen molar-refractivity contribution in [2.45, 2.75) is 6.54 Å². The van der Waals surface area contributed by atoms with Gasteiger partial charge in [0.2, 0.25) is 0 Å². The Morgan fingerprint density at radius 3 is 2.61 bits per heavy atom.